The number of hydrogen-bond acceptors (Lipinski definition) is 2. The maximum atomic E-state index is 13.8. The fraction of sp³-hybridized carbons (Fsp3) is 0.308. The number of hydrogen-bond donors (Lipinski definition) is 1. The Morgan fingerprint density at radius 3 is 2.82 bits per heavy atom. The Morgan fingerprint density at radius 1 is 1.35 bits per heavy atom. The van der Waals surface area contributed by atoms with Crippen molar-refractivity contribution in [2.75, 3.05) is 6.54 Å². The summed E-state index contributed by atoms with van der Waals surface area (Å²) < 4.78 is 15.5. The summed E-state index contributed by atoms with van der Waals surface area (Å²) in [7, 11) is 0. The van der Waals surface area contributed by atoms with Gasteiger partial charge >= 0.3 is 0 Å². The molecule has 0 amide bonds. The molecule has 17 heavy (non-hydrogen) atoms. The van der Waals surface area contributed by atoms with Gasteiger partial charge in [-0.3, -0.25) is 0 Å². The van der Waals surface area contributed by atoms with Crippen LogP contribution in [0.15, 0.2) is 30.5 Å². The van der Waals surface area contributed by atoms with Crippen LogP contribution in [0.25, 0.3) is 5.69 Å². The van der Waals surface area contributed by atoms with Crippen molar-refractivity contribution in [2.45, 2.75) is 20.4 Å². The van der Waals surface area contributed by atoms with Gasteiger partial charge in [0.15, 0.2) is 0 Å². The van der Waals surface area contributed by atoms with Crippen molar-refractivity contribution in [3.8, 4) is 5.69 Å². The van der Waals surface area contributed by atoms with Crippen molar-refractivity contribution in [2.24, 2.45) is 0 Å². The lowest BCUT2D eigenvalue weighted by atomic mass is 10.1. The zero-order valence-electron chi connectivity index (χ0n) is 10.1. The van der Waals surface area contributed by atoms with Gasteiger partial charge in [-0.05, 0) is 31.7 Å². The van der Waals surface area contributed by atoms with E-state index in [4.69, 9.17) is 0 Å². The zero-order chi connectivity index (χ0) is 12.3. The molecule has 1 aromatic carbocycles. The monoisotopic (exact) mass is 233 g/mol. The van der Waals surface area contributed by atoms with Crippen molar-refractivity contribution in [3.63, 3.8) is 0 Å². The lowest BCUT2D eigenvalue weighted by molar-refractivity contribution is 0.589. The van der Waals surface area contributed by atoms with Crippen LogP contribution in [0.3, 0.4) is 0 Å². The van der Waals surface area contributed by atoms with E-state index in [-0.39, 0.29) is 5.82 Å². The van der Waals surface area contributed by atoms with Crippen LogP contribution in [0.1, 0.15) is 18.2 Å². The van der Waals surface area contributed by atoms with Gasteiger partial charge < -0.3 is 5.32 Å². The average Bonchev–Trinajstić information content (AvgIpc) is 2.74. The number of aryl methyl sites for hydroxylation is 1. The highest BCUT2D eigenvalue weighted by Gasteiger charge is 2.09. The molecule has 0 spiro atoms. The minimum absolute atomic E-state index is 0.198. The molecule has 0 bridgehead atoms. The zero-order valence-corrected chi connectivity index (χ0v) is 10.1. The van der Waals surface area contributed by atoms with Crippen molar-refractivity contribution >= 4 is 0 Å². The van der Waals surface area contributed by atoms with Crippen molar-refractivity contribution in [1.29, 1.82) is 0 Å². The van der Waals surface area contributed by atoms with Crippen LogP contribution in [0.5, 0.6) is 0 Å². The second-order valence-electron chi connectivity index (χ2n) is 3.92. The molecule has 1 heterocycles. The van der Waals surface area contributed by atoms with E-state index < -0.39 is 0 Å². The number of benzene rings is 1. The second kappa shape index (κ2) is 5.10. The maximum Gasteiger partial charge on any atom is 0.129 e. The first-order valence-corrected chi connectivity index (χ1v) is 5.73. The first-order chi connectivity index (χ1) is 8.22. The van der Waals surface area contributed by atoms with E-state index in [1.54, 1.807) is 10.7 Å². The van der Waals surface area contributed by atoms with Crippen LogP contribution >= 0.6 is 0 Å². The summed E-state index contributed by atoms with van der Waals surface area (Å²) in [6.45, 7) is 5.24. The molecule has 0 saturated heterocycles. The highest BCUT2D eigenvalue weighted by Crippen LogP contribution is 2.17. The molecule has 4 heteroatoms. The molecule has 0 fully saturated rings. The Morgan fingerprint density at radius 2 is 2.18 bits per heavy atom. The third kappa shape index (κ3) is 2.53. The smallest absolute Gasteiger partial charge is 0.129 e. The van der Waals surface area contributed by atoms with Crippen LogP contribution < -0.4 is 5.32 Å². The summed E-state index contributed by atoms with van der Waals surface area (Å²) in [6.07, 6.45) is 1.85. The molecule has 90 valence electrons. The molecule has 0 radical (unpaired) electrons. The standard InChI is InChI=1S/C13H16FN3/c1-3-15-9-11-12(14)5-4-6-13(11)17-8-7-10(2)16-17/h4-8,15H,3,9H2,1-2H3. The van der Waals surface area contributed by atoms with Crippen molar-refractivity contribution in [1.82, 2.24) is 15.1 Å². The summed E-state index contributed by atoms with van der Waals surface area (Å²) in [4.78, 5) is 0. The third-order valence-electron chi connectivity index (χ3n) is 2.62. The highest BCUT2D eigenvalue weighted by atomic mass is 19.1. The Labute approximate surface area is 100 Å². The molecular weight excluding hydrogens is 217 g/mol. The largest absolute Gasteiger partial charge is 0.313 e. The van der Waals surface area contributed by atoms with E-state index in [2.05, 4.69) is 10.4 Å². The predicted octanol–water partition coefficient (Wildman–Crippen LogP) is 2.43. The molecule has 0 saturated carbocycles. The first kappa shape index (κ1) is 11.8. The van der Waals surface area contributed by atoms with Crippen molar-refractivity contribution < 1.29 is 4.39 Å². The fourth-order valence-electron chi connectivity index (χ4n) is 1.74. The van der Waals surface area contributed by atoms with Gasteiger partial charge in [0, 0.05) is 18.3 Å². The van der Waals surface area contributed by atoms with Crippen LogP contribution in [0, 0.1) is 12.7 Å². The number of nitrogens with zero attached hydrogens (tertiary/aromatic N) is 2. The Bertz CT molecular complexity index is 505. The molecular formula is C13H16FN3. The van der Waals surface area contributed by atoms with Crippen LogP contribution in [0.2, 0.25) is 0 Å². The molecule has 1 aromatic heterocycles. The van der Waals surface area contributed by atoms with E-state index in [0.717, 1.165) is 17.9 Å². The Hall–Kier alpha value is -1.68. The molecule has 0 atom stereocenters. The van der Waals surface area contributed by atoms with Crippen LogP contribution in [-0.2, 0) is 6.54 Å². The number of halogens is 1. The van der Waals surface area contributed by atoms with Crippen LogP contribution in [0.4, 0.5) is 4.39 Å². The van der Waals surface area contributed by atoms with Gasteiger partial charge in [-0.25, -0.2) is 9.07 Å². The normalized spacial score (nSPS) is 10.8. The topological polar surface area (TPSA) is 29.9 Å². The van der Waals surface area contributed by atoms with Gasteiger partial charge in [0.05, 0.1) is 11.4 Å². The molecule has 0 aliphatic heterocycles. The van der Waals surface area contributed by atoms with Gasteiger partial charge in [0.2, 0.25) is 0 Å². The van der Waals surface area contributed by atoms with Crippen molar-refractivity contribution in [3.05, 3.63) is 47.5 Å². The lowest BCUT2D eigenvalue weighted by Crippen LogP contribution is -2.15. The van der Waals surface area contributed by atoms with Gasteiger partial charge in [-0.15, -0.1) is 0 Å². The molecule has 0 aliphatic carbocycles. The SMILES string of the molecule is CCNCc1c(F)cccc1-n1ccc(C)n1. The molecule has 0 unspecified atom stereocenters. The average molecular weight is 233 g/mol. The van der Waals surface area contributed by atoms with E-state index in [1.165, 1.54) is 6.07 Å². The summed E-state index contributed by atoms with van der Waals surface area (Å²) in [5.41, 5.74) is 2.36. The van der Waals surface area contributed by atoms with Gasteiger partial charge in [0.1, 0.15) is 5.82 Å². The minimum atomic E-state index is -0.198. The maximum absolute atomic E-state index is 13.8. The Balaban J connectivity index is 2.42. The lowest BCUT2D eigenvalue weighted by Gasteiger charge is -2.10. The molecule has 3 nitrogen and oxygen atoms in total. The van der Waals surface area contributed by atoms with E-state index >= 15 is 0 Å². The Kier molecular flexibility index (Phi) is 3.54. The molecule has 1 N–H and O–H groups in total. The van der Waals surface area contributed by atoms with Gasteiger partial charge in [0.25, 0.3) is 0 Å². The number of rotatable bonds is 4. The van der Waals surface area contributed by atoms with Crippen LogP contribution in [-0.4, -0.2) is 16.3 Å². The molecule has 0 aliphatic rings. The number of nitrogens with one attached hydrogen (secondary N) is 1. The summed E-state index contributed by atoms with van der Waals surface area (Å²) in [5, 5.41) is 7.45. The van der Waals surface area contributed by atoms with Gasteiger partial charge in [-0.1, -0.05) is 13.0 Å². The summed E-state index contributed by atoms with van der Waals surface area (Å²) in [5.74, 6) is -0.198. The quantitative estimate of drug-likeness (QED) is 0.879. The van der Waals surface area contributed by atoms with Gasteiger partial charge in [-0.2, -0.15) is 5.10 Å². The molecule has 2 aromatic rings. The third-order valence-corrected chi connectivity index (χ3v) is 2.62. The fourth-order valence-corrected chi connectivity index (χ4v) is 1.74. The predicted molar refractivity (Wildman–Crippen MR) is 65.6 cm³/mol. The first-order valence-electron chi connectivity index (χ1n) is 5.73. The summed E-state index contributed by atoms with van der Waals surface area (Å²) >= 11 is 0. The number of aromatic nitrogens is 2. The van der Waals surface area contributed by atoms with E-state index in [9.17, 15) is 4.39 Å². The highest BCUT2D eigenvalue weighted by molar-refractivity contribution is 5.41. The van der Waals surface area contributed by atoms with E-state index in [1.807, 2.05) is 32.2 Å². The molecule has 2 rings (SSSR count). The summed E-state index contributed by atoms with van der Waals surface area (Å²) in [6, 6.07) is 6.97. The second-order valence-corrected chi connectivity index (χ2v) is 3.92. The minimum Gasteiger partial charge on any atom is -0.313 e. The van der Waals surface area contributed by atoms with E-state index in [0.29, 0.717) is 12.1 Å².